The van der Waals surface area contributed by atoms with Gasteiger partial charge in [0, 0.05) is 5.75 Å². The van der Waals surface area contributed by atoms with Crippen LogP contribution in [-0.4, -0.2) is 20.4 Å². The van der Waals surface area contributed by atoms with E-state index < -0.39 is 20.7 Å². The molecule has 0 aliphatic heterocycles. The molecule has 0 heterocycles. The van der Waals surface area contributed by atoms with E-state index in [1.54, 1.807) is 12.1 Å². The van der Waals surface area contributed by atoms with Crippen LogP contribution < -0.4 is 0 Å². The maximum atomic E-state index is 12.4. The summed E-state index contributed by atoms with van der Waals surface area (Å²) in [4.78, 5) is 0.310. The highest BCUT2D eigenvalue weighted by Crippen LogP contribution is 2.16. The van der Waals surface area contributed by atoms with Crippen molar-refractivity contribution in [1.82, 2.24) is 0 Å². The molecule has 1 aromatic rings. The Balaban J connectivity index is 1.98. The zero-order valence-corrected chi connectivity index (χ0v) is 22.0. The van der Waals surface area contributed by atoms with Crippen LogP contribution in [0.3, 0.4) is 0 Å². The molecule has 1 aromatic carbocycles. The third-order valence-electron chi connectivity index (χ3n) is 5.84. The molecule has 5 heteroatoms. The van der Waals surface area contributed by atoms with E-state index in [1.807, 2.05) is 25.3 Å². The van der Waals surface area contributed by atoms with Crippen molar-refractivity contribution in [1.29, 1.82) is 0 Å². The van der Waals surface area contributed by atoms with Crippen molar-refractivity contribution in [3.8, 4) is 0 Å². The molecular formula is C26H47NO2S2. The maximum Gasteiger partial charge on any atom is 0.287 e. The van der Waals surface area contributed by atoms with Gasteiger partial charge in [-0.2, -0.15) is 8.42 Å². The molecule has 0 fully saturated rings. The molecule has 1 atom stereocenters. The van der Waals surface area contributed by atoms with Gasteiger partial charge in [-0.3, -0.25) is 0 Å². The van der Waals surface area contributed by atoms with Crippen LogP contribution in [0.2, 0.25) is 0 Å². The number of benzene rings is 1. The van der Waals surface area contributed by atoms with E-state index >= 15 is 0 Å². The Morgan fingerprint density at radius 3 is 1.48 bits per heavy atom. The van der Waals surface area contributed by atoms with E-state index in [9.17, 15) is 8.42 Å². The molecule has 1 rings (SSSR count). The molecular weight excluding hydrogens is 422 g/mol. The summed E-state index contributed by atoms with van der Waals surface area (Å²) in [5.41, 5.74) is 1.06. The van der Waals surface area contributed by atoms with Gasteiger partial charge < -0.3 is 0 Å². The Morgan fingerprint density at radius 1 is 0.677 bits per heavy atom. The molecule has 0 amide bonds. The van der Waals surface area contributed by atoms with E-state index in [1.165, 1.54) is 96.3 Å². The number of aryl methyl sites for hydroxylation is 1. The van der Waals surface area contributed by atoms with Gasteiger partial charge >= 0.3 is 0 Å². The van der Waals surface area contributed by atoms with Crippen LogP contribution in [-0.2, 0) is 20.7 Å². The summed E-state index contributed by atoms with van der Waals surface area (Å²) in [6.07, 6.45) is 23.6. The molecule has 0 radical (unpaired) electrons. The number of hydrogen-bond acceptors (Lipinski definition) is 2. The molecule has 31 heavy (non-hydrogen) atoms. The van der Waals surface area contributed by atoms with Gasteiger partial charge in [0.1, 0.15) is 0 Å². The molecule has 0 saturated carbocycles. The Bertz CT molecular complexity index is 697. The van der Waals surface area contributed by atoms with Gasteiger partial charge in [0.2, 0.25) is 0 Å². The predicted molar refractivity (Wildman–Crippen MR) is 138 cm³/mol. The highest BCUT2D eigenvalue weighted by atomic mass is 32.3. The van der Waals surface area contributed by atoms with Crippen LogP contribution in [0.5, 0.6) is 0 Å². The maximum absolute atomic E-state index is 12.4. The summed E-state index contributed by atoms with van der Waals surface area (Å²) >= 11 is 0. The van der Waals surface area contributed by atoms with Crippen molar-refractivity contribution in [2.75, 3.05) is 12.0 Å². The van der Waals surface area contributed by atoms with Crippen molar-refractivity contribution in [3.63, 3.8) is 0 Å². The standard InChI is InChI=1S/C26H47NO2S2/c1-4-5-6-7-8-9-10-11-12-13-14-15-16-17-18-19-24-30(3)27-31(28,29)26-22-20-25(2)21-23-26/h20-23H,4-19,24H2,1-3H3. The zero-order chi connectivity index (χ0) is 22.8. The lowest BCUT2D eigenvalue weighted by atomic mass is 10.0. The van der Waals surface area contributed by atoms with Crippen LogP contribution in [0, 0.1) is 6.92 Å². The summed E-state index contributed by atoms with van der Waals surface area (Å²) in [6.45, 7) is 4.23. The highest BCUT2D eigenvalue weighted by Gasteiger charge is 2.12. The van der Waals surface area contributed by atoms with Crippen molar-refractivity contribution >= 4 is 20.7 Å². The number of rotatable bonds is 19. The van der Waals surface area contributed by atoms with Crippen molar-refractivity contribution < 1.29 is 8.42 Å². The second kappa shape index (κ2) is 17.8. The molecule has 1 unspecified atom stereocenters. The Hall–Kier alpha value is -0.680. The van der Waals surface area contributed by atoms with Crippen LogP contribution in [0.4, 0.5) is 0 Å². The first-order valence-electron chi connectivity index (χ1n) is 12.6. The smallest absolute Gasteiger partial charge is 0.199 e. The number of unbranched alkanes of at least 4 members (excludes halogenated alkanes) is 15. The van der Waals surface area contributed by atoms with Crippen molar-refractivity contribution in [3.05, 3.63) is 29.8 Å². The minimum absolute atomic E-state index is 0.310. The van der Waals surface area contributed by atoms with E-state index in [0.29, 0.717) is 4.90 Å². The summed E-state index contributed by atoms with van der Waals surface area (Å²) in [5.74, 6) is 0.879. The first-order valence-corrected chi connectivity index (χ1v) is 15.8. The topological polar surface area (TPSA) is 46.5 Å². The second-order valence-corrected chi connectivity index (χ2v) is 12.6. The molecule has 180 valence electrons. The quantitative estimate of drug-likeness (QED) is 0.191. The monoisotopic (exact) mass is 469 g/mol. The number of nitrogens with zero attached hydrogens (tertiary/aromatic N) is 1. The molecule has 0 bridgehead atoms. The minimum Gasteiger partial charge on any atom is -0.199 e. The summed E-state index contributed by atoms with van der Waals surface area (Å²) in [6, 6.07) is 6.96. The van der Waals surface area contributed by atoms with E-state index in [-0.39, 0.29) is 0 Å². The first kappa shape index (κ1) is 28.4. The molecule has 0 saturated heterocycles. The fourth-order valence-electron chi connectivity index (χ4n) is 3.82. The largest absolute Gasteiger partial charge is 0.287 e. The Morgan fingerprint density at radius 2 is 1.06 bits per heavy atom. The minimum atomic E-state index is -3.51. The number of sulfonamides is 1. The fourth-order valence-corrected chi connectivity index (χ4v) is 6.90. The van der Waals surface area contributed by atoms with Gasteiger partial charge in [-0.1, -0.05) is 132 Å². The molecule has 0 spiro atoms. The lowest BCUT2D eigenvalue weighted by molar-refractivity contribution is 0.531. The van der Waals surface area contributed by atoms with Gasteiger partial charge in [0.25, 0.3) is 10.0 Å². The van der Waals surface area contributed by atoms with Crippen LogP contribution in [0.25, 0.3) is 0 Å². The summed E-state index contributed by atoms with van der Waals surface area (Å²) in [7, 11) is -3.94. The first-order chi connectivity index (χ1) is 15.0. The molecule has 0 aromatic heterocycles. The SMILES string of the molecule is CCCCCCCCCCCCCCCCCC/S(C)=N/S(=O)(=O)c1ccc(C)cc1. The number of hydrogen-bond donors (Lipinski definition) is 0. The average molecular weight is 470 g/mol. The summed E-state index contributed by atoms with van der Waals surface area (Å²) < 4.78 is 28.8. The van der Waals surface area contributed by atoms with Gasteiger partial charge in [0.15, 0.2) is 0 Å². The third kappa shape index (κ3) is 14.9. The average Bonchev–Trinajstić information content (AvgIpc) is 2.73. The van der Waals surface area contributed by atoms with Gasteiger partial charge in [0.05, 0.1) is 4.90 Å². The van der Waals surface area contributed by atoms with E-state index in [2.05, 4.69) is 10.7 Å². The van der Waals surface area contributed by atoms with Crippen LogP contribution >= 0.6 is 0 Å². The van der Waals surface area contributed by atoms with Gasteiger partial charge in [-0.15, -0.1) is 3.77 Å². The lowest BCUT2D eigenvalue weighted by Gasteiger charge is -2.05. The van der Waals surface area contributed by atoms with E-state index in [0.717, 1.165) is 17.7 Å². The Kier molecular flexibility index (Phi) is 16.3. The molecule has 0 N–H and O–H groups in total. The fraction of sp³-hybridized carbons (Fsp3) is 0.769. The normalized spacial score (nSPS) is 13.0. The summed E-state index contributed by atoms with van der Waals surface area (Å²) in [5, 5.41) is 0. The lowest BCUT2D eigenvalue weighted by Crippen LogP contribution is -2.02. The van der Waals surface area contributed by atoms with Gasteiger partial charge in [-0.25, -0.2) is 0 Å². The van der Waals surface area contributed by atoms with Crippen molar-refractivity contribution in [2.45, 2.75) is 121 Å². The zero-order valence-electron chi connectivity index (χ0n) is 20.4. The Labute approximate surface area is 196 Å². The highest BCUT2D eigenvalue weighted by molar-refractivity contribution is 7.99. The van der Waals surface area contributed by atoms with Crippen LogP contribution in [0.1, 0.15) is 115 Å². The van der Waals surface area contributed by atoms with E-state index in [4.69, 9.17) is 0 Å². The van der Waals surface area contributed by atoms with Crippen molar-refractivity contribution in [2.24, 2.45) is 3.77 Å². The van der Waals surface area contributed by atoms with Crippen LogP contribution in [0.15, 0.2) is 32.9 Å². The third-order valence-corrected chi connectivity index (χ3v) is 9.39. The van der Waals surface area contributed by atoms with Gasteiger partial charge in [-0.05, 0) is 31.7 Å². The second-order valence-electron chi connectivity index (χ2n) is 8.97. The molecule has 3 nitrogen and oxygen atoms in total. The predicted octanol–water partition coefficient (Wildman–Crippen LogP) is 8.38. The molecule has 0 aliphatic rings. The molecule has 0 aliphatic carbocycles.